The summed E-state index contributed by atoms with van der Waals surface area (Å²) in [5.74, 6) is -2.72. The van der Waals surface area contributed by atoms with Gasteiger partial charge >= 0.3 is 0 Å². The Hall–Kier alpha value is -2.76. The highest BCUT2D eigenvalue weighted by atomic mass is 19.2. The maximum Gasteiger partial charge on any atom is 0.242 e. The smallest absolute Gasteiger partial charge is 0.242 e. The van der Waals surface area contributed by atoms with Gasteiger partial charge in [0.2, 0.25) is 11.8 Å². The number of nitrogens with one attached hydrogen (secondary N) is 1. The number of carbonyl (C=O) groups excluding carboxylic acids is 2. The summed E-state index contributed by atoms with van der Waals surface area (Å²) in [4.78, 5) is 27.6. The Balaban J connectivity index is 1.58. The standard InChI is InChI=1S/C20H18F2N2O2/c1-12-10-13-4-2-3-5-17(13)24(12)19(26)20(8-9-20)18(25)23-14-6-7-15(21)16(22)11-14/h2-7,11-12H,8-10H2,1H3,(H,23,25). The van der Waals surface area contributed by atoms with Gasteiger partial charge in [-0.2, -0.15) is 0 Å². The van der Waals surface area contributed by atoms with Crippen molar-refractivity contribution in [3.05, 3.63) is 59.7 Å². The zero-order valence-electron chi connectivity index (χ0n) is 14.3. The lowest BCUT2D eigenvalue weighted by atomic mass is 10.0. The van der Waals surface area contributed by atoms with E-state index in [-0.39, 0.29) is 17.6 Å². The molecule has 1 aliphatic heterocycles. The largest absolute Gasteiger partial charge is 0.325 e. The number of benzene rings is 2. The van der Waals surface area contributed by atoms with Crippen LogP contribution in [0, 0.1) is 17.0 Å². The second-order valence-electron chi connectivity index (χ2n) is 7.02. The zero-order valence-corrected chi connectivity index (χ0v) is 14.3. The van der Waals surface area contributed by atoms with E-state index in [1.165, 1.54) is 6.07 Å². The van der Waals surface area contributed by atoms with Crippen molar-refractivity contribution in [2.45, 2.75) is 32.2 Å². The fourth-order valence-electron chi connectivity index (χ4n) is 3.59. The number of para-hydroxylation sites is 1. The molecule has 0 saturated heterocycles. The first-order chi connectivity index (χ1) is 12.4. The highest BCUT2D eigenvalue weighted by Crippen LogP contribution is 2.50. The van der Waals surface area contributed by atoms with Crippen LogP contribution in [0.2, 0.25) is 0 Å². The highest BCUT2D eigenvalue weighted by molar-refractivity contribution is 6.18. The second-order valence-corrected chi connectivity index (χ2v) is 7.02. The Labute approximate surface area is 149 Å². The summed E-state index contributed by atoms with van der Waals surface area (Å²) in [5, 5.41) is 2.56. The molecule has 1 aliphatic carbocycles. The lowest BCUT2D eigenvalue weighted by molar-refractivity contribution is -0.132. The maximum absolute atomic E-state index is 13.4. The average Bonchev–Trinajstić information content (AvgIpc) is 3.35. The van der Waals surface area contributed by atoms with Crippen LogP contribution in [0.5, 0.6) is 0 Å². The molecule has 134 valence electrons. The van der Waals surface area contributed by atoms with Crippen molar-refractivity contribution in [1.29, 1.82) is 0 Å². The summed E-state index contributed by atoms with van der Waals surface area (Å²) in [6.07, 6.45) is 1.66. The first-order valence-corrected chi connectivity index (χ1v) is 8.60. The molecule has 1 fully saturated rings. The second kappa shape index (κ2) is 5.90. The van der Waals surface area contributed by atoms with E-state index in [0.717, 1.165) is 29.8 Å². The quantitative estimate of drug-likeness (QED) is 0.854. The SMILES string of the molecule is CC1Cc2ccccc2N1C(=O)C1(C(=O)Nc2ccc(F)c(F)c2)CC1. The fraction of sp³-hybridized carbons (Fsp3) is 0.300. The molecule has 6 heteroatoms. The Bertz CT molecular complexity index is 908. The van der Waals surface area contributed by atoms with Crippen LogP contribution in [-0.4, -0.2) is 17.9 Å². The molecular formula is C20H18F2N2O2. The first-order valence-electron chi connectivity index (χ1n) is 8.60. The van der Waals surface area contributed by atoms with E-state index in [0.29, 0.717) is 12.8 Å². The molecule has 1 heterocycles. The number of carbonyl (C=O) groups is 2. The minimum Gasteiger partial charge on any atom is -0.325 e. The van der Waals surface area contributed by atoms with Gasteiger partial charge in [0.1, 0.15) is 5.41 Å². The molecule has 2 amide bonds. The number of anilines is 2. The van der Waals surface area contributed by atoms with Crippen molar-refractivity contribution in [3.8, 4) is 0 Å². The predicted molar refractivity (Wildman–Crippen MR) is 93.7 cm³/mol. The van der Waals surface area contributed by atoms with Crippen molar-refractivity contribution in [1.82, 2.24) is 0 Å². The number of rotatable bonds is 3. The number of hydrogen-bond acceptors (Lipinski definition) is 2. The van der Waals surface area contributed by atoms with Gasteiger partial charge in [0.15, 0.2) is 11.6 Å². The lowest BCUT2D eigenvalue weighted by Gasteiger charge is -2.27. The zero-order chi connectivity index (χ0) is 18.5. The van der Waals surface area contributed by atoms with Gasteiger partial charge in [-0.25, -0.2) is 8.78 Å². The van der Waals surface area contributed by atoms with E-state index in [9.17, 15) is 18.4 Å². The van der Waals surface area contributed by atoms with Gasteiger partial charge < -0.3 is 10.2 Å². The molecule has 2 aromatic carbocycles. The van der Waals surface area contributed by atoms with Crippen molar-refractivity contribution >= 4 is 23.2 Å². The van der Waals surface area contributed by atoms with Crippen molar-refractivity contribution in [2.24, 2.45) is 5.41 Å². The normalized spacial score (nSPS) is 19.8. The summed E-state index contributed by atoms with van der Waals surface area (Å²) in [7, 11) is 0. The van der Waals surface area contributed by atoms with Gasteiger partial charge in [-0.05, 0) is 49.9 Å². The molecule has 0 radical (unpaired) electrons. The molecular weight excluding hydrogens is 338 g/mol. The van der Waals surface area contributed by atoms with E-state index in [1.54, 1.807) is 4.90 Å². The van der Waals surface area contributed by atoms with E-state index >= 15 is 0 Å². The third-order valence-corrected chi connectivity index (χ3v) is 5.20. The minimum absolute atomic E-state index is 0.0200. The number of amides is 2. The van der Waals surface area contributed by atoms with E-state index in [1.807, 2.05) is 31.2 Å². The first kappa shape index (κ1) is 16.7. The predicted octanol–water partition coefficient (Wildman–Crippen LogP) is 3.66. The molecule has 1 N–H and O–H groups in total. The molecule has 0 bridgehead atoms. The number of fused-ring (bicyclic) bond motifs is 1. The van der Waals surface area contributed by atoms with Crippen molar-refractivity contribution in [3.63, 3.8) is 0 Å². The summed E-state index contributed by atoms with van der Waals surface area (Å²) in [6, 6.07) is 10.8. The maximum atomic E-state index is 13.4. The van der Waals surface area contributed by atoms with Crippen LogP contribution in [0.25, 0.3) is 0 Å². The molecule has 2 aliphatic rings. The fourth-order valence-corrected chi connectivity index (χ4v) is 3.59. The van der Waals surface area contributed by atoms with Crippen molar-refractivity contribution in [2.75, 3.05) is 10.2 Å². The average molecular weight is 356 g/mol. The van der Waals surface area contributed by atoms with Crippen LogP contribution in [0.3, 0.4) is 0 Å². The molecule has 0 aromatic heterocycles. The monoisotopic (exact) mass is 356 g/mol. The third-order valence-electron chi connectivity index (χ3n) is 5.20. The van der Waals surface area contributed by atoms with Crippen molar-refractivity contribution < 1.29 is 18.4 Å². The van der Waals surface area contributed by atoms with E-state index in [2.05, 4.69) is 5.32 Å². The topological polar surface area (TPSA) is 49.4 Å². The van der Waals surface area contributed by atoms with Gasteiger partial charge in [0, 0.05) is 23.5 Å². The van der Waals surface area contributed by atoms with Gasteiger partial charge in [0.25, 0.3) is 0 Å². The number of nitrogens with zero attached hydrogens (tertiary/aromatic N) is 1. The highest BCUT2D eigenvalue weighted by Gasteiger charge is 2.59. The van der Waals surface area contributed by atoms with Crippen LogP contribution < -0.4 is 10.2 Å². The minimum atomic E-state index is -1.13. The molecule has 1 saturated carbocycles. The third kappa shape index (κ3) is 2.57. The lowest BCUT2D eigenvalue weighted by Crippen LogP contribution is -2.45. The molecule has 1 unspecified atom stereocenters. The van der Waals surface area contributed by atoms with Gasteiger partial charge in [-0.3, -0.25) is 9.59 Å². The van der Waals surface area contributed by atoms with Crippen LogP contribution >= 0.6 is 0 Å². The Morgan fingerprint density at radius 3 is 2.54 bits per heavy atom. The Morgan fingerprint density at radius 1 is 1.12 bits per heavy atom. The summed E-state index contributed by atoms with van der Waals surface area (Å²) < 4.78 is 26.4. The molecule has 4 nitrogen and oxygen atoms in total. The summed E-state index contributed by atoms with van der Waals surface area (Å²) in [5.41, 5.74) is 0.946. The number of halogens is 2. The Kier molecular flexibility index (Phi) is 3.79. The van der Waals surface area contributed by atoms with E-state index in [4.69, 9.17) is 0 Å². The molecule has 4 rings (SSSR count). The van der Waals surface area contributed by atoms with Gasteiger partial charge in [0.05, 0.1) is 0 Å². The summed E-state index contributed by atoms with van der Waals surface area (Å²) in [6.45, 7) is 1.96. The molecule has 0 spiro atoms. The molecule has 1 atom stereocenters. The van der Waals surface area contributed by atoms with Gasteiger partial charge in [-0.15, -0.1) is 0 Å². The molecule has 26 heavy (non-hydrogen) atoms. The van der Waals surface area contributed by atoms with Crippen LogP contribution in [-0.2, 0) is 16.0 Å². The van der Waals surface area contributed by atoms with Crippen LogP contribution in [0.4, 0.5) is 20.2 Å². The van der Waals surface area contributed by atoms with Gasteiger partial charge in [-0.1, -0.05) is 18.2 Å². The van der Waals surface area contributed by atoms with Crippen LogP contribution in [0.15, 0.2) is 42.5 Å². The summed E-state index contributed by atoms with van der Waals surface area (Å²) >= 11 is 0. The Morgan fingerprint density at radius 2 is 1.85 bits per heavy atom. The van der Waals surface area contributed by atoms with E-state index < -0.39 is 23.0 Å². The number of hydrogen-bond donors (Lipinski definition) is 1. The molecule has 2 aromatic rings. The van der Waals surface area contributed by atoms with Crippen LogP contribution in [0.1, 0.15) is 25.3 Å².